The van der Waals surface area contributed by atoms with Gasteiger partial charge in [-0.25, -0.2) is 4.79 Å². The molecule has 160 valence electrons. The number of rotatable bonds is 15. The molecule has 0 fully saturated rings. The van der Waals surface area contributed by atoms with E-state index in [9.17, 15) is 9.90 Å². The van der Waals surface area contributed by atoms with Gasteiger partial charge < -0.3 is 9.84 Å². The minimum absolute atomic E-state index is 0.249. The first-order valence-electron chi connectivity index (χ1n) is 11.1. The van der Waals surface area contributed by atoms with Crippen molar-refractivity contribution in [2.75, 3.05) is 6.61 Å². The van der Waals surface area contributed by atoms with Crippen LogP contribution in [0.4, 0.5) is 0 Å². The first-order chi connectivity index (χ1) is 12.5. The SMILES string of the molecule is CC(=CCOC(=O)C(C)(C)O)CCCC(C)CCCC(C)CCCC(C)C. The van der Waals surface area contributed by atoms with Gasteiger partial charge in [0.05, 0.1) is 0 Å². The highest BCUT2D eigenvalue weighted by Gasteiger charge is 2.25. The lowest BCUT2D eigenvalue weighted by Gasteiger charge is -2.15. The molecule has 0 rings (SSSR count). The van der Waals surface area contributed by atoms with Crippen molar-refractivity contribution >= 4 is 5.97 Å². The number of ether oxygens (including phenoxy) is 1. The van der Waals surface area contributed by atoms with Crippen molar-refractivity contribution in [1.29, 1.82) is 0 Å². The van der Waals surface area contributed by atoms with Gasteiger partial charge in [0.25, 0.3) is 0 Å². The largest absolute Gasteiger partial charge is 0.459 e. The number of aliphatic hydroxyl groups is 1. The summed E-state index contributed by atoms with van der Waals surface area (Å²) in [7, 11) is 0. The molecule has 0 aromatic carbocycles. The van der Waals surface area contributed by atoms with Crippen LogP contribution in [0.3, 0.4) is 0 Å². The van der Waals surface area contributed by atoms with Crippen LogP contribution in [0.2, 0.25) is 0 Å². The number of hydrogen-bond donors (Lipinski definition) is 1. The number of hydrogen-bond acceptors (Lipinski definition) is 3. The van der Waals surface area contributed by atoms with Crippen LogP contribution in [0.5, 0.6) is 0 Å². The number of carbonyl (C=O) groups excluding carboxylic acids is 1. The molecule has 0 aliphatic rings. The number of esters is 1. The summed E-state index contributed by atoms with van der Waals surface area (Å²) in [6.07, 6.45) is 13.6. The van der Waals surface area contributed by atoms with E-state index in [1.807, 2.05) is 6.08 Å². The molecule has 0 aliphatic heterocycles. The molecular weight excluding hydrogens is 336 g/mol. The van der Waals surface area contributed by atoms with E-state index < -0.39 is 11.6 Å². The summed E-state index contributed by atoms with van der Waals surface area (Å²) in [4.78, 5) is 11.5. The number of allylic oxidation sites excluding steroid dienone is 1. The van der Waals surface area contributed by atoms with Crippen molar-refractivity contribution in [3.8, 4) is 0 Å². The maximum Gasteiger partial charge on any atom is 0.337 e. The predicted octanol–water partition coefficient (Wildman–Crippen LogP) is 6.69. The first kappa shape index (κ1) is 26.2. The third-order valence-corrected chi connectivity index (χ3v) is 5.29. The van der Waals surface area contributed by atoms with Gasteiger partial charge in [0.2, 0.25) is 0 Å². The van der Waals surface area contributed by atoms with Crippen molar-refractivity contribution in [2.24, 2.45) is 17.8 Å². The second-order valence-corrected chi connectivity index (χ2v) is 9.57. The van der Waals surface area contributed by atoms with Gasteiger partial charge in [0.15, 0.2) is 5.60 Å². The molecule has 0 heterocycles. The van der Waals surface area contributed by atoms with Gasteiger partial charge >= 0.3 is 5.97 Å². The fraction of sp³-hybridized carbons (Fsp3) is 0.875. The van der Waals surface area contributed by atoms with E-state index in [0.717, 1.165) is 24.2 Å². The molecule has 0 aromatic heterocycles. The molecule has 0 amide bonds. The van der Waals surface area contributed by atoms with Crippen LogP contribution < -0.4 is 0 Å². The zero-order valence-corrected chi connectivity index (χ0v) is 19.1. The van der Waals surface area contributed by atoms with Gasteiger partial charge in [-0.2, -0.15) is 0 Å². The molecular formula is C24H46O3. The third-order valence-electron chi connectivity index (χ3n) is 5.29. The molecule has 0 radical (unpaired) electrons. The second kappa shape index (κ2) is 14.2. The Kier molecular flexibility index (Phi) is 13.8. The lowest BCUT2D eigenvalue weighted by atomic mass is 9.91. The summed E-state index contributed by atoms with van der Waals surface area (Å²) in [5, 5.41) is 9.53. The minimum Gasteiger partial charge on any atom is -0.459 e. The smallest absolute Gasteiger partial charge is 0.337 e. The minimum atomic E-state index is -1.41. The third kappa shape index (κ3) is 15.9. The maximum atomic E-state index is 11.5. The average molecular weight is 383 g/mol. The molecule has 0 saturated heterocycles. The highest BCUT2D eigenvalue weighted by atomic mass is 16.5. The van der Waals surface area contributed by atoms with Gasteiger partial charge in [-0.05, 0) is 57.4 Å². The fourth-order valence-electron chi connectivity index (χ4n) is 3.25. The first-order valence-corrected chi connectivity index (χ1v) is 11.1. The summed E-state index contributed by atoms with van der Waals surface area (Å²) >= 11 is 0. The van der Waals surface area contributed by atoms with E-state index in [-0.39, 0.29) is 6.61 Å². The van der Waals surface area contributed by atoms with Crippen LogP contribution >= 0.6 is 0 Å². The zero-order chi connectivity index (χ0) is 20.9. The molecule has 3 heteroatoms. The van der Waals surface area contributed by atoms with Gasteiger partial charge in [0.1, 0.15) is 6.61 Å². The molecule has 3 nitrogen and oxygen atoms in total. The molecule has 0 aliphatic carbocycles. The van der Waals surface area contributed by atoms with E-state index in [2.05, 4.69) is 34.6 Å². The summed E-state index contributed by atoms with van der Waals surface area (Å²) < 4.78 is 5.06. The summed E-state index contributed by atoms with van der Waals surface area (Å²) in [5.74, 6) is 1.92. The lowest BCUT2D eigenvalue weighted by molar-refractivity contribution is -0.160. The monoisotopic (exact) mass is 382 g/mol. The van der Waals surface area contributed by atoms with Crippen molar-refractivity contribution in [1.82, 2.24) is 0 Å². The highest BCUT2D eigenvalue weighted by Crippen LogP contribution is 2.22. The Bertz CT molecular complexity index is 418. The van der Waals surface area contributed by atoms with Crippen LogP contribution in [-0.4, -0.2) is 23.3 Å². The Morgan fingerprint density at radius 2 is 1.41 bits per heavy atom. The van der Waals surface area contributed by atoms with Crippen molar-refractivity contribution in [3.05, 3.63) is 11.6 Å². The molecule has 1 N–H and O–H groups in total. The predicted molar refractivity (Wildman–Crippen MR) is 116 cm³/mol. The standard InChI is InChI=1S/C24H46O3/c1-19(2)11-8-12-20(3)13-9-14-21(4)15-10-16-22(5)17-18-27-23(25)24(6,7)26/h17,19-21,26H,8-16,18H2,1-7H3. The van der Waals surface area contributed by atoms with E-state index in [4.69, 9.17) is 4.74 Å². The highest BCUT2D eigenvalue weighted by molar-refractivity contribution is 5.78. The van der Waals surface area contributed by atoms with Gasteiger partial charge in [-0.3, -0.25) is 0 Å². The average Bonchev–Trinajstić information content (AvgIpc) is 2.53. The molecule has 0 saturated carbocycles. The van der Waals surface area contributed by atoms with Crippen LogP contribution in [0.1, 0.15) is 106 Å². The van der Waals surface area contributed by atoms with Crippen LogP contribution in [0, 0.1) is 17.8 Å². The van der Waals surface area contributed by atoms with Gasteiger partial charge in [-0.1, -0.05) is 78.2 Å². The van der Waals surface area contributed by atoms with E-state index in [1.165, 1.54) is 70.8 Å². The van der Waals surface area contributed by atoms with Crippen LogP contribution in [0.15, 0.2) is 11.6 Å². The van der Waals surface area contributed by atoms with Crippen molar-refractivity contribution in [2.45, 2.75) is 112 Å². The lowest BCUT2D eigenvalue weighted by Crippen LogP contribution is -2.33. The molecule has 0 bridgehead atoms. The Morgan fingerprint density at radius 1 is 0.926 bits per heavy atom. The topological polar surface area (TPSA) is 46.5 Å². The van der Waals surface area contributed by atoms with Crippen molar-refractivity contribution < 1.29 is 14.6 Å². The fourth-order valence-corrected chi connectivity index (χ4v) is 3.25. The van der Waals surface area contributed by atoms with Crippen LogP contribution in [0.25, 0.3) is 0 Å². The van der Waals surface area contributed by atoms with E-state index in [1.54, 1.807) is 0 Å². The normalized spacial score (nSPS) is 15.1. The van der Waals surface area contributed by atoms with Gasteiger partial charge in [-0.15, -0.1) is 0 Å². The summed E-state index contributed by atoms with van der Waals surface area (Å²) in [5.41, 5.74) is -0.159. The summed E-state index contributed by atoms with van der Waals surface area (Å²) in [6.45, 7) is 14.6. The molecule has 0 aromatic rings. The van der Waals surface area contributed by atoms with E-state index >= 15 is 0 Å². The Hall–Kier alpha value is -0.830. The van der Waals surface area contributed by atoms with Crippen LogP contribution in [-0.2, 0) is 9.53 Å². The Balaban J connectivity index is 3.76. The molecule has 27 heavy (non-hydrogen) atoms. The number of carbonyl (C=O) groups is 1. The Morgan fingerprint density at radius 3 is 1.89 bits per heavy atom. The Labute approximate surface area is 169 Å². The molecule has 2 atom stereocenters. The summed E-state index contributed by atoms with van der Waals surface area (Å²) in [6, 6.07) is 0. The quantitative estimate of drug-likeness (QED) is 0.254. The molecule has 0 spiro atoms. The van der Waals surface area contributed by atoms with Crippen molar-refractivity contribution in [3.63, 3.8) is 0 Å². The maximum absolute atomic E-state index is 11.5. The zero-order valence-electron chi connectivity index (χ0n) is 19.1. The molecule has 2 unspecified atom stereocenters. The second-order valence-electron chi connectivity index (χ2n) is 9.57. The van der Waals surface area contributed by atoms with Gasteiger partial charge in [0, 0.05) is 0 Å². The van der Waals surface area contributed by atoms with E-state index in [0.29, 0.717) is 0 Å².